The van der Waals surface area contributed by atoms with Crippen molar-refractivity contribution in [2.24, 2.45) is 0 Å². The van der Waals surface area contributed by atoms with Crippen LogP contribution in [0.2, 0.25) is 10.0 Å². The van der Waals surface area contributed by atoms with Gasteiger partial charge in [-0.2, -0.15) is 5.26 Å². The lowest BCUT2D eigenvalue weighted by Crippen LogP contribution is -2.23. The lowest BCUT2D eigenvalue weighted by molar-refractivity contribution is -0.149. The summed E-state index contributed by atoms with van der Waals surface area (Å²) in [7, 11) is 0. The molecule has 0 radical (unpaired) electrons. The molecular weight excluding hydrogens is 367 g/mol. The molecule has 0 atom stereocenters. The number of hydrogen-bond acceptors (Lipinski definition) is 5. The Morgan fingerprint density at radius 3 is 2.44 bits per heavy atom. The molecule has 0 unspecified atom stereocenters. The zero-order chi connectivity index (χ0) is 18.2. The Morgan fingerprint density at radius 2 is 1.80 bits per heavy atom. The summed E-state index contributed by atoms with van der Waals surface area (Å²) in [6.45, 7) is -0.808. The van der Waals surface area contributed by atoms with Crippen molar-refractivity contribution in [3.63, 3.8) is 0 Å². The van der Waals surface area contributed by atoms with Crippen molar-refractivity contribution < 1.29 is 19.1 Å². The maximum Gasteiger partial charge on any atom is 0.344 e. The number of carbonyl (C=O) groups excluding carboxylic acids is 2. The Bertz CT molecular complexity index is 816. The number of carbonyl (C=O) groups is 2. The Kier molecular flexibility index (Phi) is 6.63. The maximum absolute atomic E-state index is 11.7. The number of rotatable bonds is 6. The van der Waals surface area contributed by atoms with Gasteiger partial charge in [0.1, 0.15) is 11.8 Å². The molecule has 0 bridgehead atoms. The molecule has 0 aromatic heterocycles. The minimum atomic E-state index is -0.692. The van der Waals surface area contributed by atoms with E-state index in [2.05, 4.69) is 5.32 Å². The standard InChI is InChI=1S/C17H12Cl2N2O4/c18-12-2-5-14(6-3-12)24-10-17(23)25-9-16(22)21-13-4-1-11(8-20)15(19)7-13/h1-7H,9-10H2,(H,21,22). The molecule has 0 aliphatic carbocycles. The molecule has 6 nitrogen and oxygen atoms in total. The first kappa shape index (κ1) is 18.6. The summed E-state index contributed by atoms with van der Waals surface area (Å²) in [4.78, 5) is 23.3. The largest absolute Gasteiger partial charge is 0.482 e. The molecule has 0 saturated heterocycles. The highest BCUT2D eigenvalue weighted by molar-refractivity contribution is 6.32. The van der Waals surface area contributed by atoms with Crippen molar-refractivity contribution in [3.8, 4) is 11.8 Å². The monoisotopic (exact) mass is 378 g/mol. The molecule has 2 rings (SSSR count). The normalized spacial score (nSPS) is 9.80. The summed E-state index contributed by atoms with van der Waals surface area (Å²) < 4.78 is 10.0. The van der Waals surface area contributed by atoms with Gasteiger partial charge in [0.15, 0.2) is 13.2 Å². The highest BCUT2D eigenvalue weighted by Gasteiger charge is 2.10. The van der Waals surface area contributed by atoms with Gasteiger partial charge >= 0.3 is 5.97 Å². The van der Waals surface area contributed by atoms with Crippen molar-refractivity contribution >= 4 is 40.8 Å². The van der Waals surface area contributed by atoms with Crippen LogP contribution >= 0.6 is 23.2 Å². The highest BCUT2D eigenvalue weighted by atomic mass is 35.5. The Morgan fingerprint density at radius 1 is 1.08 bits per heavy atom. The number of ether oxygens (including phenoxy) is 2. The third-order valence-electron chi connectivity index (χ3n) is 2.91. The highest BCUT2D eigenvalue weighted by Crippen LogP contribution is 2.20. The van der Waals surface area contributed by atoms with Crippen LogP contribution in [0.4, 0.5) is 5.69 Å². The molecule has 0 aliphatic rings. The fraction of sp³-hybridized carbons (Fsp3) is 0.118. The van der Waals surface area contributed by atoms with Crippen molar-refractivity contribution in [1.29, 1.82) is 5.26 Å². The van der Waals surface area contributed by atoms with E-state index in [1.807, 2.05) is 6.07 Å². The Labute approximate surface area is 153 Å². The van der Waals surface area contributed by atoms with Crippen molar-refractivity contribution in [3.05, 3.63) is 58.1 Å². The molecule has 8 heteroatoms. The van der Waals surface area contributed by atoms with E-state index < -0.39 is 18.5 Å². The van der Waals surface area contributed by atoms with Crippen LogP contribution < -0.4 is 10.1 Å². The van der Waals surface area contributed by atoms with Gasteiger partial charge < -0.3 is 14.8 Å². The fourth-order valence-electron chi connectivity index (χ4n) is 1.74. The van der Waals surface area contributed by atoms with Gasteiger partial charge in [0, 0.05) is 10.7 Å². The number of nitrogens with one attached hydrogen (secondary N) is 1. The van der Waals surface area contributed by atoms with E-state index >= 15 is 0 Å². The molecule has 0 heterocycles. The molecule has 1 amide bonds. The fourth-order valence-corrected chi connectivity index (χ4v) is 2.09. The van der Waals surface area contributed by atoms with Gasteiger partial charge in [-0.25, -0.2) is 4.79 Å². The second kappa shape index (κ2) is 8.92. The first-order valence-corrected chi connectivity index (χ1v) is 7.77. The zero-order valence-electron chi connectivity index (χ0n) is 12.8. The van der Waals surface area contributed by atoms with Crippen LogP contribution in [-0.2, 0) is 14.3 Å². The number of halogens is 2. The summed E-state index contributed by atoms with van der Waals surface area (Å²) in [5.74, 6) is -0.776. The van der Waals surface area contributed by atoms with E-state index in [1.165, 1.54) is 18.2 Å². The second-order valence-corrected chi connectivity index (χ2v) is 5.60. The van der Waals surface area contributed by atoms with Gasteiger partial charge in [0.2, 0.25) is 0 Å². The number of hydrogen-bond donors (Lipinski definition) is 1. The van der Waals surface area contributed by atoms with Gasteiger partial charge in [0.25, 0.3) is 5.91 Å². The number of nitriles is 1. The molecule has 128 valence electrons. The van der Waals surface area contributed by atoms with Crippen molar-refractivity contribution in [2.45, 2.75) is 0 Å². The lowest BCUT2D eigenvalue weighted by atomic mass is 10.2. The molecule has 0 fully saturated rings. The van der Waals surface area contributed by atoms with E-state index in [-0.39, 0.29) is 11.6 Å². The lowest BCUT2D eigenvalue weighted by Gasteiger charge is -2.08. The Hall–Kier alpha value is -2.75. The number of nitrogens with zero attached hydrogens (tertiary/aromatic N) is 1. The first-order valence-electron chi connectivity index (χ1n) is 7.01. The predicted octanol–water partition coefficient (Wildman–Crippen LogP) is 3.43. The second-order valence-electron chi connectivity index (χ2n) is 4.76. The molecule has 0 aliphatic heterocycles. The van der Waals surface area contributed by atoms with Crippen LogP contribution in [0.5, 0.6) is 5.75 Å². The average molecular weight is 379 g/mol. The summed E-state index contributed by atoms with van der Waals surface area (Å²) in [6, 6.07) is 12.8. The molecule has 25 heavy (non-hydrogen) atoms. The average Bonchev–Trinajstić information content (AvgIpc) is 2.59. The number of amides is 1. The molecule has 1 N–H and O–H groups in total. The van der Waals surface area contributed by atoms with Gasteiger partial charge in [-0.3, -0.25) is 4.79 Å². The quantitative estimate of drug-likeness (QED) is 0.777. The Balaban J connectivity index is 1.75. The van der Waals surface area contributed by atoms with E-state index in [9.17, 15) is 9.59 Å². The van der Waals surface area contributed by atoms with Gasteiger partial charge in [0.05, 0.1) is 10.6 Å². The zero-order valence-corrected chi connectivity index (χ0v) is 14.3. The maximum atomic E-state index is 11.7. The SMILES string of the molecule is N#Cc1ccc(NC(=O)COC(=O)COc2ccc(Cl)cc2)cc1Cl. The van der Waals surface area contributed by atoms with Gasteiger partial charge in [-0.1, -0.05) is 23.2 Å². The number of benzene rings is 2. The van der Waals surface area contributed by atoms with Crippen LogP contribution in [0, 0.1) is 11.3 Å². The van der Waals surface area contributed by atoms with E-state index in [0.29, 0.717) is 22.0 Å². The van der Waals surface area contributed by atoms with Crippen LogP contribution in [0.25, 0.3) is 0 Å². The number of esters is 1. The first-order chi connectivity index (χ1) is 12.0. The minimum absolute atomic E-state index is 0.216. The van der Waals surface area contributed by atoms with E-state index in [0.717, 1.165) is 0 Å². The third kappa shape index (κ3) is 5.99. The van der Waals surface area contributed by atoms with Crippen LogP contribution in [0.1, 0.15) is 5.56 Å². The van der Waals surface area contributed by atoms with Crippen LogP contribution in [-0.4, -0.2) is 25.1 Å². The predicted molar refractivity (Wildman–Crippen MR) is 92.7 cm³/mol. The smallest absolute Gasteiger partial charge is 0.344 e. The van der Waals surface area contributed by atoms with Gasteiger partial charge in [-0.05, 0) is 42.5 Å². The third-order valence-corrected chi connectivity index (χ3v) is 3.47. The molecule has 0 saturated carbocycles. The molecule has 2 aromatic carbocycles. The van der Waals surface area contributed by atoms with Crippen LogP contribution in [0.3, 0.4) is 0 Å². The molecule has 0 spiro atoms. The number of anilines is 1. The molecular formula is C17H12Cl2N2O4. The molecule has 2 aromatic rings. The van der Waals surface area contributed by atoms with Gasteiger partial charge in [-0.15, -0.1) is 0 Å². The van der Waals surface area contributed by atoms with Crippen molar-refractivity contribution in [2.75, 3.05) is 18.5 Å². The van der Waals surface area contributed by atoms with E-state index in [1.54, 1.807) is 24.3 Å². The van der Waals surface area contributed by atoms with E-state index in [4.69, 9.17) is 37.9 Å². The van der Waals surface area contributed by atoms with Crippen molar-refractivity contribution in [1.82, 2.24) is 0 Å². The minimum Gasteiger partial charge on any atom is -0.482 e. The topological polar surface area (TPSA) is 88.4 Å². The summed E-state index contributed by atoms with van der Waals surface area (Å²) >= 11 is 11.6. The van der Waals surface area contributed by atoms with Crippen LogP contribution in [0.15, 0.2) is 42.5 Å². The summed E-state index contributed by atoms with van der Waals surface area (Å²) in [6.07, 6.45) is 0. The summed E-state index contributed by atoms with van der Waals surface area (Å²) in [5, 5.41) is 12.1. The summed E-state index contributed by atoms with van der Waals surface area (Å²) in [5.41, 5.74) is 0.688.